The van der Waals surface area contributed by atoms with E-state index >= 15 is 0 Å². The van der Waals surface area contributed by atoms with E-state index in [1.165, 1.54) is 0 Å². The second kappa shape index (κ2) is 4.69. The monoisotopic (exact) mass is 280 g/mol. The maximum absolute atomic E-state index is 13.6. The van der Waals surface area contributed by atoms with Crippen LogP contribution in [0.4, 0.5) is 17.6 Å². The van der Waals surface area contributed by atoms with Crippen molar-refractivity contribution in [2.75, 3.05) is 0 Å². The third-order valence-corrected chi connectivity index (χ3v) is 3.19. The Morgan fingerprint density at radius 3 is 2.35 bits per heavy atom. The zero-order valence-electron chi connectivity index (χ0n) is 8.70. The van der Waals surface area contributed by atoms with E-state index in [1.807, 2.05) is 0 Å². The van der Waals surface area contributed by atoms with Crippen molar-refractivity contribution in [1.82, 2.24) is 0 Å². The molecule has 4 nitrogen and oxygen atoms in total. The Morgan fingerprint density at radius 2 is 1.94 bits per heavy atom. The molecule has 2 atom stereocenters. The van der Waals surface area contributed by atoms with Gasteiger partial charge in [-0.05, 0) is 12.8 Å². The van der Waals surface area contributed by atoms with Gasteiger partial charge in [-0.2, -0.15) is 21.6 Å². The van der Waals surface area contributed by atoms with Gasteiger partial charge in [-0.1, -0.05) is 12.8 Å². The Bertz CT molecular complexity index is 366. The Labute approximate surface area is 95.9 Å². The van der Waals surface area contributed by atoms with Crippen LogP contribution < -0.4 is 0 Å². The summed E-state index contributed by atoms with van der Waals surface area (Å²) in [6.45, 7) is 0. The first-order valence-electron chi connectivity index (χ1n) is 4.93. The molecule has 0 saturated heterocycles. The minimum atomic E-state index is -5.13. The average Bonchev–Trinajstić information content (AvgIpc) is 2.04. The first kappa shape index (κ1) is 14.7. The maximum atomic E-state index is 13.6. The molecule has 1 saturated carbocycles. The van der Waals surface area contributed by atoms with Gasteiger partial charge in [-0.15, -0.1) is 0 Å². The number of rotatable bonds is 3. The smallest absolute Gasteiger partial charge is 0.264 e. The highest BCUT2D eigenvalue weighted by Gasteiger charge is 2.52. The highest BCUT2D eigenvalue weighted by molar-refractivity contribution is 7.80. The summed E-state index contributed by atoms with van der Waals surface area (Å²) in [5, 5.41) is 0. The molecule has 0 heterocycles. The lowest BCUT2D eigenvalue weighted by Gasteiger charge is -2.38. The van der Waals surface area contributed by atoms with E-state index in [4.69, 9.17) is 4.55 Å². The van der Waals surface area contributed by atoms with Gasteiger partial charge in [0.1, 0.15) is 11.8 Å². The van der Waals surface area contributed by atoms with Crippen molar-refractivity contribution in [3.05, 3.63) is 0 Å². The molecule has 0 radical (unpaired) electrons. The molecule has 1 fully saturated rings. The Kier molecular flexibility index (Phi) is 4.04. The first-order valence-corrected chi connectivity index (χ1v) is 6.29. The molecule has 1 aliphatic rings. The van der Waals surface area contributed by atoms with E-state index < -0.39 is 41.2 Å². The van der Waals surface area contributed by atoms with Crippen molar-refractivity contribution in [3.8, 4) is 0 Å². The molecule has 9 heteroatoms. The van der Waals surface area contributed by atoms with Crippen LogP contribution in [0.25, 0.3) is 0 Å². The highest BCUT2D eigenvalue weighted by Crippen LogP contribution is 2.42. The predicted octanol–water partition coefficient (Wildman–Crippen LogP) is 2.41. The molecular formula is C8H12F4O4S. The second-order valence-corrected chi connectivity index (χ2v) is 5.10. The van der Waals surface area contributed by atoms with Crippen molar-refractivity contribution in [1.29, 1.82) is 0 Å². The lowest BCUT2D eigenvalue weighted by Crippen LogP contribution is -2.49. The fourth-order valence-corrected chi connectivity index (χ4v) is 2.71. The Morgan fingerprint density at radius 1 is 1.35 bits per heavy atom. The molecule has 2 unspecified atom stereocenters. The number of halogens is 4. The standard InChI is InChI=1S/C8H12F4O4S/c9-6-3-1-2-4-7(6,5-8(10,11)12)16-17(13,14)15/h6H,1-5H2,(H,13,14,15). The lowest BCUT2D eigenvalue weighted by molar-refractivity contribution is -0.189. The summed E-state index contributed by atoms with van der Waals surface area (Å²) in [5.41, 5.74) is -2.52. The van der Waals surface area contributed by atoms with Gasteiger partial charge in [-0.3, -0.25) is 4.55 Å². The quantitative estimate of drug-likeness (QED) is 0.637. The molecule has 1 rings (SSSR count). The second-order valence-electron chi connectivity index (χ2n) is 4.08. The number of alkyl halides is 4. The van der Waals surface area contributed by atoms with E-state index in [2.05, 4.69) is 4.18 Å². The minimum absolute atomic E-state index is 0.214. The van der Waals surface area contributed by atoms with Crippen LogP contribution in [-0.4, -0.2) is 30.9 Å². The summed E-state index contributed by atoms with van der Waals surface area (Å²) in [6, 6.07) is 0. The molecular weight excluding hydrogens is 268 g/mol. The highest BCUT2D eigenvalue weighted by atomic mass is 32.3. The van der Waals surface area contributed by atoms with Crippen molar-refractivity contribution >= 4 is 10.4 Å². The van der Waals surface area contributed by atoms with Crippen LogP contribution in [0.15, 0.2) is 0 Å². The zero-order valence-corrected chi connectivity index (χ0v) is 9.52. The molecule has 1 aliphatic carbocycles. The summed E-state index contributed by atoms with van der Waals surface area (Å²) >= 11 is 0. The molecule has 1 N–H and O–H groups in total. The maximum Gasteiger partial charge on any atom is 0.397 e. The fourth-order valence-electron chi connectivity index (χ4n) is 2.04. The van der Waals surface area contributed by atoms with Gasteiger partial charge in [-0.25, -0.2) is 8.57 Å². The third-order valence-electron chi connectivity index (χ3n) is 2.65. The van der Waals surface area contributed by atoms with Gasteiger partial charge < -0.3 is 0 Å². The van der Waals surface area contributed by atoms with Crippen molar-refractivity contribution in [2.24, 2.45) is 0 Å². The fraction of sp³-hybridized carbons (Fsp3) is 1.00. The van der Waals surface area contributed by atoms with Crippen LogP contribution in [0, 0.1) is 0 Å². The minimum Gasteiger partial charge on any atom is -0.264 e. The van der Waals surface area contributed by atoms with Crippen LogP contribution in [0.2, 0.25) is 0 Å². The van der Waals surface area contributed by atoms with Crippen LogP contribution in [-0.2, 0) is 14.6 Å². The topological polar surface area (TPSA) is 63.6 Å². The summed E-state index contributed by atoms with van der Waals surface area (Å²) < 4.78 is 84.0. The van der Waals surface area contributed by atoms with Gasteiger partial charge in [0.2, 0.25) is 0 Å². The van der Waals surface area contributed by atoms with Crippen molar-refractivity contribution < 1.29 is 34.7 Å². The number of hydrogen-bond acceptors (Lipinski definition) is 3. The van der Waals surface area contributed by atoms with Crippen LogP contribution in [0.3, 0.4) is 0 Å². The van der Waals surface area contributed by atoms with Crippen molar-refractivity contribution in [2.45, 2.75) is 50.1 Å². The van der Waals surface area contributed by atoms with Crippen LogP contribution >= 0.6 is 0 Å². The lowest BCUT2D eigenvalue weighted by atomic mass is 9.81. The van der Waals surface area contributed by atoms with Gasteiger partial charge >= 0.3 is 16.6 Å². The predicted molar refractivity (Wildman–Crippen MR) is 49.4 cm³/mol. The van der Waals surface area contributed by atoms with E-state index in [0.29, 0.717) is 6.42 Å². The molecule has 0 spiro atoms. The van der Waals surface area contributed by atoms with E-state index in [-0.39, 0.29) is 12.8 Å². The SMILES string of the molecule is O=S(=O)(O)OC1(CC(F)(F)F)CCCCC1F. The normalized spacial score (nSPS) is 31.5. The molecule has 0 amide bonds. The Hall–Kier alpha value is -0.410. The third kappa shape index (κ3) is 4.40. The van der Waals surface area contributed by atoms with E-state index in [0.717, 1.165) is 0 Å². The molecule has 0 aromatic heterocycles. The molecule has 0 aromatic rings. The van der Waals surface area contributed by atoms with Gasteiger partial charge in [0.25, 0.3) is 0 Å². The molecule has 102 valence electrons. The zero-order chi connectivity index (χ0) is 13.3. The van der Waals surface area contributed by atoms with Crippen LogP contribution in [0.5, 0.6) is 0 Å². The van der Waals surface area contributed by atoms with Gasteiger partial charge in [0.05, 0.1) is 6.42 Å². The molecule has 0 aromatic carbocycles. The van der Waals surface area contributed by atoms with Crippen molar-refractivity contribution in [3.63, 3.8) is 0 Å². The Balaban J connectivity index is 2.98. The van der Waals surface area contributed by atoms with Gasteiger partial charge in [0, 0.05) is 0 Å². The summed E-state index contributed by atoms with van der Waals surface area (Å²) in [4.78, 5) is 0. The largest absolute Gasteiger partial charge is 0.397 e. The number of hydrogen-bond donors (Lipinski definition) is 1. The summed E-state index contributed by atoms with van der Waals surface area (Å²) in [7, 11) is -5.13. The van der Waals surface area contributed by atoms with Crippen LogP contribution in [0.1, 0.15) is 32.1 Å². The molecule has 17 heavy (non-hydrogen) atoms. The summed E-state index contributed by atoms with van der Waals surface area (Å²) in [6.07, 6.45) is -8.62. The van der Waals surface area contributed by atoms with Gasteiger partial charge in [0.15, 0.2) is 0 Å². The first-order chi connectivity index (χ1) is 7.54. The molecule has 0 aliphatic heterocycles. The van der Waals surface area contributed by atoms with E-state index in [1.54, 1.807) is 0 Å². The molecule has 0 bridgehead atoms. The summed E-state index contributed by atoms with van der Waals surface area (Å²) in [5.74, 6) is 0. The van der Waals surface area contributed by atoms with E-state index in [9.17, 15) is 26.0 Å². The average molecular weight is 280 g/mol.